The van der Waals surface area contributed by atoms with E-state index in [-0.39, 0.29) is 11.3 Å². The Labute approximate surface area is 137 Å². The van der Waals surface area contributed by atoms with E-state index in [9.17, 15) is 22.0 Å². The van der Waals surface area contributed by atoms with E-state index in [4.69, 9.17) is 9.47 Å². The van der Waals surface area contributed by atoms with Crippen LogP contribution >= 0.6 is 0 Å². The number of methoxy groups -OCH3 is 2. The molecule has 0 bridgehead atoms. The molecule has 0 aliphatic carbocycles. The Kier molecular flexibility index (Phi) is 5.03. The zero-order valence-electron chi connectivity index (χ0n) is 12.7. The number of benzene rings is 2. The lowest BCUT2D eigenvalue weighted by atomic mass is 10.2. The highest BCUT2D eigenvalue weighted by Gasteiger charge is 2.23. The van der Waals surface area contributed by atoms with Crippen LogP contribution in [0.15, 0.2) is 41.3 Å². The Morgan fingerprint density at radius 3 is 2.25 bits per heavy atom. The fourth-order valence-corrected chi connectivity index (χ4v) is 2.94. The van der Waals surface area contributed by atoms with Gasteiger partial charge >= 0.3 is 0 Å². The summed E-state index contributed by atoms with van der Waals surface area (Å²) in [6.45, 7) is 0. The summed E-state index contributed by atoms with van der Waals surface area (Å²) in [7, 11) is -1.75. The van der Waals surface area contributed by atoms with Gasteiger partial charge in [-0.2, -0.15) is 0 Å². The fraction of sp³-hybridized carbons (Fsp3) is 0.133. The Balaban J connectivity index is 2.31. The lowest BCUT2D eigenvalue weighted by molar-refractivity contribution is 0.0981. The molecule has 1 N–H and O–H groups in total. The molecule has 2 rings (SSSR count). The van der Waals surface area contributed by atoms with E-state index in [0.29, 0.717) is 11.8 Å². The minimum Gasteiger partial charge on any atom is -0.493 e. The monoisotopic (exact) mass is 357 g/mol. The molecule has 0 saturated heterocycles. The molecule has 0 fully saturated rings. The van der Waals surface area contributed by atoms with Crippen LogP contribution in [0.2, 0.25) is 0 Å². The number of halogens is 2. The van der Waals surface area contributed by atoms with Gasteiger partial charge in [0.25, 0.3) is 15.9 Å². The molecule has 24 heavy (non-hydrogen) atoms. The third-order valence-corrected chi connectivity index (χ3v) is 4.42. The predicted octanol–water partition coefficient (Wildman–Crippen LogP) is 2.10. The molecule has 0 heterocycles. The summed E-state index contributed by atoms with van der Waals surface area (Å²) in [5, 5.41) is 0. The van der Waals surface area contributed by atoms with E-state index in [1.165, 1.54) is 32.4 Å². The molecule has 0 unspecified atom stereocenters. The molecule has 0 spiro atoms. The maximum atomic E-state index is 13.6. The van der Waals surface area contributed by atoms with Gasteiger partial charge in [-0.1, -0.05) is 0 Å². The number of carbonyl (C=O) groups is 1. The second kappa shape index (κ2) is 6.83. The zero-order valence-corrected chi connectivity index (χ0v) is 13.5. The molecule has 6 nitrogen and oxygen atoms in total. The maximum absolute atomic E-state index is 13.6. The molecule has 2 aromatic carbocycles. The smallest absolute Gasteiger partial charge is 0.267 e. The molecule has 0 aliphatic heterocycles. The van der Waals surface area contributed by atoms with Gasteiger partial charge in [0.2, 0.25) is 0 Å². The number of hydrogen-bond acceptors (Lipinski definition) is 5. The van der Waals surface area contributed by atoms with Gasteiger partial charge in [-0.25, -0.2) is 21.9 Å². The van der Waals surface area contributed by atoms with Gasteiger partial charge in [0.1, 0.15) is 16.5 Å². The molecule has 128 valence electrons. The molecule has 0 radical (unpaired) electrons. The molecule has 0 aromatic heterocycles. The van der Waals surface area contributed by atoms with Crippen LogP contribution < -0.4 is 14.2 Å². The third-order valence-electron chi connectivity index (χ3n) is 3.06. The van der Waals surface area contributed by atoms with Gasteiger partial charge in [-0.15, -0.1) is 0 Å². The normalized spacial score (nSPS) is 11.0. The van der Waals surface area contributed by atoms with E-state index in [1.807, 2.05) is 0 Å². The van der Waals surface area contributed by atoms with Crippen molar-refractivity contribution in [3.8, 4) is 11.5 Å². The summed E-state index contributed by atoms with van der Waals surface area (Å²) in [6.07, 6.45) is 0. The molecule has 0 aliphatic rings. The summed E-state index contributed by atoms with van der Waals surface area (Å²) in [4.78, 5) is 11.3. The highest BCUT2D eigenvalue weighted by Crippen LogP contribution is 2.27. The van der Waals surface area contributed by atoms with Crippen molar-refractivity contribution in [2.75, 3.05) is 14.2 Å². The minimum atomic E-state index is -4.50. The quantitative estimate of drug-likeness (QED) is 0.886. The zero-order chi connectivity index (χ0) is 17.9. The fourth-order valence-electron chi connectivity index (χ4n) is 1.91. The SMILES string of the molecule is COc1ccc(C(=O)NS(=O)(=O)c2ccc(F)cc2F)cc1OC. The average Bonchev–Trinajstić information content (AvgIpc) is 2.53. The average molecular weight is 357 g/mol. The lowest BCUT2D eigenvalue weighted by Gasteiger charge is -2.11. The first-order valence-electron chi connectivity index (χ1n) is 6.52. The number of rotatable bonds is 5. The number of carbonyl (C=O) groups excluding carboxylic acids is 1. The molecular formula is C15H13F2NO5S. The first-order chi connectivity index (χ1) is 11.3. The topological polar surface area (TPSA) is 81.7 Å². The highest BCUT2D eigenvalue weighted by atomic mass is 32.2. The van der Waals surface area contributed by atoms with Crippen molar-refractivity contribution in [1.82, 2.24) is 4.72 Å². The number of sulfonamides is 1. The molecule has 1 amide bonds. The summed E-state index contributed by atoms with van der Waals surface area (Å²) in [5.74, 6) is -2.67. The van der Waals surface area contributed by atoms with Crippen molar-refractivity contribution in [2.45, 2.75) is 4.90 Å². The summed E-state index contributed by atoms with van der Waals surface area (Å²) in [6, 6.07) is 5.92. The van der Waals surface area contributed by atoms with E-state index in [0.717, 1.165) is 12.1 Å². The van der Waals surface area contributed by atoms with Gasteiger partial charge in [-0.05, 0) is 30.3 Å². The summed E-state index contributed by atoms with van der Waals surface area (Å²) in [5.41, 5.74) is -0.0428. The van der Waals surface area contributed by atoms with Gasteiger partial charge in [0, 0.05) is 11.6 Å². The Morgan fingerprint density at radius 2 is 1.67 bits per heavy atom. The Hall–Kier alpha value is -2.68. The van der Waals surface area contributed by atoms with Gasteiger partial charge < -0.3 is 9.47 Å². The van der Waals surface area contributed by atoms with E-state index in [2.05, 4.69) is 0 Å². The van der Waals surface area contributed by atoms with Gasteiger partial charge in [0.05, 0.1) is 14.2 Å². The summed E-state index contributed by atoms with van der Waals surface area (Å²) < 4.78 is 62.4. The third kappa shape index (κ3) is 3.62. The van der Waals surface area contributed by atoms with Crippen molar-refractivity contribution in [2.24, 2.45) is 0 Å². The number of hydrogen-bond donors (Lipinski definition) is 1. The van der Waals surface area contributed by atoms with Crippen LogP contribution in [0.4, 0.5) is 8.78 Å². The molecule has 2 aromatic rings. The molecule has 9 heteroatoms. The molecule has 0 saturated carbocycles. The predicted molar refractivity (Wildman–Crippen MR) is 80.6 cm³/mol. The van der Waals surface area contributed by atoms with Crippen LogP contribution in [0.1, 0.15) is 10.4 Å². The van der Waals surface area contributed by atoms with E-state index < -0.39 is 32.5 Å². The lowest BCUT2D eigenvalue weighted by Crippen LogP contribution is -2.31. The standard InChI is InChI=1S/C15H13F2NO5S/c1-22-12-5-3-9(7-13(12)23-2)15(19)18-24(20,21)14-6-4-10(16)8-11(14)17/h3-8H,1-2H3,(H,18,19). The number of ether oxygens (including phenoxy) is 2. The van der Waals surface area contributed by atoms with Crippen molar-refractivity contribution < 1.29 is 31.5 Å². The second-order valence-electron chi connectivity index (χ2n) is 4.58. The Bertz CT molecular complexity index is 883. The van der Waals surface area contributed by atoms with E-state index in [1.54, 1.807) is 4.72 Å². The van der Waals surface area contributed by atoms with Crippen molar-refractivity contribution in [3.05, 3.63) is 53.6 Å². The largest absolute Gasteiger partial charge is 0.493 e. The van der Waals surface area contributed by atoms with Crippen LogP contribution in [0.5, 0.6) is 11.5 Å². The second-order valence-corrected chi connectivity index (χ2v) is 6.23. The van der Waals surface area contributed by atoms with Crippen molar-refractivity contribution in [3.63, 3.8) is 0 Å². The number of amides is 1. The van der Waals surface area contributed by atoms with Crippen LogP contribution in [0.25, 0.3) is 0 Å². The van der Waals surface area contributed by atoms with E-state index >= 15 is 0 Å². The first-order valence-corrected chi connectivity index (χ1v) is 8.01. The first kappa shape index (κ1) is 17.7. The number of nitrogens with one attached hydrogen (secondary N) is 1. The van der Waals surface area contributed by atoms with Crippen molar-refractivity contribution >= 4 is 15.9 Å². The van der Waals surface area contributed by atoms with Crippen LogP contribution in [-0.4, -0.2) is 28.5 Å². The van der Waals surface area contributed by atoms with Gasteiger partial charge in [-0.3, -0.25) is 4.79 Å². The summed E-state index contributed by atoms with van der Waals surface area (Å²) >= 11 is 0. The van der Waals surface area contributed by atoms with Crippen molar-refractivity contribution in [1.29, 1.82) is 0 Å². The van der Waals surface area contributed by atoms with Crippen LogP contribution in [0.3, 0.4) is 0 Å². The molecular weight excluding hydrogens is 344 g/mol. The minimum absolute atomic E-state index is 0.0428. The highest BCUT2D eigenvalue weighted by molar-refractivity contribution is 7.90. The van der Waals surface area contributed by atoms with Crippen LogP contribution in [-0.2, 0) is 10.0 Å². The van der Waals surface area contributed by atoms with Crippen LogP contribution in [0, 0.1) is 11.6 Å². The van der Waals surface area contributed by atoms with Gasteiger partial charge in [0.15, 0.2) is 11.5 Å². The molecule has 0 atom stereocenters. The maximum Gasteiger partial charge on any atom is 0.267 e. The Morgan fingerprint density at radius 1 is 1.00 bits per heavy atom.